The Balaban J connectivity index is 2.85. The van der Waals surface area contributed by atoms with Gasteiger partial charge >= 0.3 is 5.97 Å². The number of ether oxygens (including phenoxy) is 2. The molecule has 6 heteroatoms. The van der Waals surface area contributed by atoms with Gasteiger partial charge in [-0.1, -0.05) is 20.8 Å². The minimum Gasteiger partial charge on any atom is -0.465 e. The lowest BCUT2D eigenvalue weighted by molar-refractivity contribution is -0.267. The normalized spacial score (nSPS) is 32.0. The second-order valence-corrected chi connectivity index (χ2v) is 11.9. The summed E-state index contributed by atoms with van der Waals surface area (Å²) in [5.41, 5.74) is 0. The van der Waals surface area contributed by atoms with Crippen molar-refractivity contribution in [1.29, 1.82) is 0 Å². The molecule has 1 saturated heterocycles. The highest BCUT2D eigenvalue weighted by molar-refractivity contribution is 6.74. The van der Waals surface area contributed by atoms with Gasteiger partial charge in [0.1, 0.15) is 0 Å². The van der Waals surface area contributed by atoms with E-state index >= 15 is 0 Å². The van der Waals surface area contributed by atoms with E-state index in [2.05, 4.69) is 38.6 Å². The Morgan fingerprint density at radius 1 is 1.40 bits per heavy atom. The Kier molecular flexibility index (Phi) is 5.07. The van der Waals surface area contributed by atoms with Crippen LogP contribution >= 0.6 is 0 Å². The lowest BCUT2D eigenvalue weighted by atomic mass is 9.99. The van der Waals surface area contributed by atoms with Crippen LogP contribution in [0.4, 0.5) is 0 Å². The summed E-state index contributed by atoms with van der Waals surface area (Å²) in [7, 11) is -0.705. The van der Waals surface area contributed by atoms with E-state index in [1.54, 1.807) is 0 Å². The fraction of sp³-hybridized carbons (Fsp3) is 0.929. The van der Waals surface area contributed by atoms with E-state index < -0.39 is 20.1 Å². The molecule has 0 aromatic rings. The zero-order valence-corrected chi connectivity index (χ0v) is 14.6. The van der Waals surface area contributed by atoms with Gasteiger partial charge in [-0.3, -0.25) is 0 Å². The van der Waals surface area contributed by atoms with Crippen LogP contribution in [-0.2, 0) is 18.7 Å². The van der Waals surface area contributed by atoms with Crippen LogP contribution in [-0.4, -0.2) is 44.5 Å². The Hall–Kier alpha value is -0.433. The largest absolute Gasteiger partial charge is 0.465 e. The van der Waals surface area contributed by atoms with Crippen molar-refractivity contribution in [2.45, 2.75) is 76.7 Å². The van der Waals surface area contributed by atoms with Gasteiger partial charge < -0.3 is 19.0 Å². The van der Waals surface area contributed by atoms with Gasteiger partial charge in [0, 0.05) is 6.42 Å². The average molecular weight is 304 g/mol. The van der Waals surface area contributed by atoms with Gasteiger partial charge in [0.25, 0.3) is 5.79 Å². The molecule has 1 N–H and O–H groups in total. The SMILES string of the molecule is COC(=O)[C@]1(O)C[C@H](O[Si](C)(C)C(C)(C)C)C[C@H](C)O1. The van der Waals surface area contributed by atoms with Gasteiger partial charge in [-0.05, 0) is 31.5 Å². The molecule has 0 unspecified atom stereocenters. The highest BCUT2D eigenvalue weighted by Gasteiger charge is 2.49. The van der Waals surface area contributed by atoms with Crippen LogP contribution < -0.4 is 0 Å². The van der Waals surface area contributed by atoms with Crippen LogP contribution in [0.2, 0.25) is 18.1 Å². The number of aliphatic hydroxyl groups is 1. The Bertz CT molecular complexity index is 363. The van der Waals surface area contributed by atoms with Crippen molar-refractivity contribution < 1.29 is 23.8 Å². The quantitative estimate of drug-likeness (QED) is 0.641. The first-order valence-corrected chi connectivity index (χ1v) is 9.98. The van der Waals surface area contributed by atoms with Crippen molar-refractivity contribution in [2.24, 2.45) is 0 Å². The van der Waals surface area contributed by atoms with Crippen molar-refractivity contribution in [3.63, 3.8) is 0 Å². The molecule has 0 radical (unpaired) electrons. The molecule has 1 aliphatic rings. The van der Waals surface area contributed by atoms with Gasteiger partial charge in [-0.25, -0.2) is 4.79 Å². The molecule has 1 rings (SSSR count). The summed E-state index contributed by atoms with van der Waals surface area (Å²) in [5.74, 6) is -2.65. The highest BCUT2D eigenvalue weighted by atomic mass is 28.4. The second kappa shape index (κ2) is 5.75. The lowest BCUT2D eigenvalue weighted by Gasteiger charge is -2.44. The van der Waals surface area contributed by atoms with Gasteiger partial charge in [0.05, 0.1) is 19.3 Å². The Morgan fingerprint density at radius 2 is 1.95 bits per heavy atom. The van der Waals surface area contributed by atoms with Gasteiger partial charge in [-0.15, -0.1) is 0 Å². The topological polar surface area (TPSA) is 65.0 Å². The molecule has 0 bridgehead atoms. The average Bonchev–Trinajstić information content (AvgIpc) is 2.24. The molecular formula is C14H28O5Si. The molecule has 1 aliphatic heterocycles. The first kappa shape index (κ1) is 17.6. The van der Waals surface area contributed by atoms with E-state index in [0.29, 0.717) is 6.42 Å². The van der Waals surface area contributed by atoms with Gasteiger partial charge in [0.2, 0.25) is 0 Å². The van der Waals surface area contributed by atoms with Gasteiger partial charge in [0.15, 0.2) is 8.32 Å². The first-order chi connectivity index (χ1) is 8.91. The third-order valence-electron chi connectivity index (χ3n) is 4.27. The summed E-state index contributed by atoms with van der Waals surface area (Å²) >= 11 is 0. The van der Waals surface area contributed by atoms with Gasteiger partial charge in [-0.2, -0.15) is 0 Å². The standard InChI is InChI=1S/C14H28O5Si/c1-10-8-11(19-20(6,7)13(2,3)4)9-14(16,18-10)12(15)17-5/h10-11,16H,8-9H2,1-7H3/t10-,11+,14-/m0/s1. The van der Waals surface area contributed by atoms with E-state index in [4.69, 9.17) is 9.16 Å². The van der Waals surface area contributed by atoms with Crippen LogP contribution in [0.1, 0.15) is 40.5 Å². The number of carbonyl (C=O) groups is 1. The summed E-state index contributed by atoms with van der Waals surface area (Å²) < 4.78 is 16.3. The molecular weight excluding hydrogens is 276 g/mol. The van der Waals surface area contributed by atoms with Crippen LogP contribution in [0.3, 0.4) is 0 Å². The number of hydrogen-bond acceptors (Lipinski definition) is 5. The van der Waals surface area contributed by atoms with E-state index in [1.165, 1.54) is 7.11 Å². The third-order valence-corrected chi connectivity index (χ3v) is 8.80. The van der Waals surface area contributed by atoms with Crippen molar-refractivity contribution in [2.75, 3.05) is 7.11 Å². The lowest BCUT2D eigenvalue weighted by Crippen LogP contribution is -2.55. The monoisotopic (exact) mass is 304 g/mol. The minimum atomic E-state index is -1.95. The molecule has 0 aromatic heterocycles. The maximum Gasteiger partial charge on any atom is 0.366 e. The van der Waals surface area contributed by atoms with E-state index in [9.17, 15) is 9.90 Å². The molecule has 118 valence electrons. The number of hydrogen-bond donors (Lipinski definition) is 1. The van der Waals surface area contributed by atoms with Crippen molar-refractivity contribution in [3.8, 4) is 0 Å². The number of esters is 1. The van der Waals surface area contributed by atoms with Crippen molar-refractivity contribution in [1.82, 2.24) is 0 Å². The summed E-state index contributed by atoms with van der Waals surface area (Å²) in [6, 6.07) is 0. The molecule has 20 heavy (non-hydrogen) atoms. The molecule has 0 aliphatic carbocycles. The number of methoxy groups -OCH3 is 1. The van der Waals surface area contributed by atoms with Crippen LogP contribution in [0, 0.1) is 0 Å². The van der Waals surface area contributed by atoms with E-state index in [1.807, 2.05) is 6.92 Å². The van der Waals surface area contributed by atoms with Crippen LogP contribution in [0.15, 0.2) is 0 Å². The van der Waals surface area contributed by atoms with Crippen LogP contribution in [0.5, 0.6) is 0 Å². The predicted molar refractivity (Wildman–Crippen MR) is 78.8 cm³/mol. The van der Waals surface area contributed by atoms with Crippen molar-refractivity contribution in [3.05, 3.63) is 0 Å². The smallest absolute Gasteiger partial charge is 0.366 e. The third kappa shape index (κ3) is 3.81. The number of carbonyl (C=O) groups excluding carboxylic acids is 1. The summed E-state index contributed by atoms with van der Waals surface area (Å²) in [6.45, 7) is 12.6. The molecule has 3 atom stereocenters. The summed E-state index contributed by atoms with van der Waals surface area (Å²) in [6.07, 6.45) is 0.355. The maximum atomic E-state index is 11.7. The predicted octanol–water partition coefficient (Wildman–Crippen LogP) is 2.44. The molecule has 1 heterocycles. The Morgan fingerprint density at radius 3 is 2.40 bits per heavy atom. The van der Waals surface area contributed by atoms with Crippen LogP contribution in [0.25, 0.3) is 0 Å². The van der Waals surface area contributed by atoms with E-state index in [-0.39, 0.29) is 23.7 Å². The summed E-state index contributed by atoms with van der Waals surface area (Å²) in [4.78, 5) is 11.7. The molecule has 1 fully saturated rings. The van der Waals surface area contributed by atoms with Crippen molar-refractivity contribution >= 4 is 14.3 Å². The highest BCUT2D eigenvalue weighted by Crippen LogP contribution is 2.40. The zero-order valence-electron chi connectivity index (χ0n) is 13.6. The Labute approximate surface area is 122 Å². The second-order valence-electron chi connectivity index (χ2n) is 7.14. The molecule has 0 saturated carbocycles. The van der Waals surface area contributed by atoms with E-state index in [0.717, 1.165) is 0 Å². The zero-order chi connectivity index (χ0) is 15.8. The molecule has 0 aromatic carbocycles. The maximum absolute atomic E-state index is 11.7. The fourth-order valence-electron chi connectivity index (χ4n) is 2.17. The molecule has 0 amide bonds. The molecule has 0 spiro atoms. The fourth-order valence-corrected chi connectivity index (χ4v) is 3.53. The summed E-state index contributed by atoms with van der Waals surface area (Å²) in [5, 5.41) is 10.4. The minimum absolute atomic E-state index is 0.0813. The number of rotatable bonds is 3. The first-order valence-electron chi connectivity index (χ1n) is 7.08. The molecule has 5 nitrogen and oxygen atoms in total.